The van der Waals surface area contributed by atoms with Gasteiger partial charge in [0.25, 0.3) is 0 Å². The highest BCUT2D eigenvalue weighted by Crippen LogP contribution is 2.20. The van der Waals surface area contributed by atoms with Crippen LogP contribution >= 0.6 is 11.3 Å². The van der Waals surface area contributed by atoms with Crippen molar-refractivity contribution >= 4 is 27.3 Å². The van der Waals surface area contributed by atoms with Crippen LogP contribution in [0.3, 0.4) is 0 Å². The van der Waals surface area contributed by atoms with E-state index in [1.54, 1.807) is 30.4 Å². The zero-order chi connectivity index (χ0) is 20.0. The molecule has 0 bridgehead atoms. The monoisotopic (exact) mass is 409 g/mol. The molecule has 148 valence electrons. The minimum absolute atomic E-state index is 0.0621. The van der Waals surface area contributed by atoms with E-state index >= 15 is 0 Å². The lowest BCUT2D eigenvalue weighted by molar-refractivity contribution is -0.121. The summed E-state index contributed by atoms with van der Waals surface area (Å²) in [5.41, 5.74) is 2.71. The standard InChI is InChI=1S/C19H27N3O3S2/c1-14-5-6-15(2)18(11-14)27(24,25)21-9-7-19(23)20-12-17(22(3)4)16-8-10-26-13-16/h5-6,8,10-11,13,17,21H,7,9,12H2,1-4H3,(H,20,23). The van der Waals surface area contributed by atoms with Crippen LogP contribution in [0, 0.1) is 13.8 Å². The first-order valence-corrected chi connectivity index (χ1v) is 11.2. The Kier molecular flexibility index (Phi) is 7.55. The van der Waals surface area contributed by atoms with E-state index in [0.717, 1.165) is 11.1 Å². The van der Waals surface area contributed by atoms with Gasteiger partial charge in [0.15, 0.2) is 0 Å². The molecular formula is C19H27N3O3S2. The van der Waals surface area contributed by atoms with E-state index in [1.807, 2.05) is 43.4 Å². The van der Waals surface area contributed by atoms with E-state index in [2.05, 4.69) is 15.4 Å². The topological polar surface area (TPSA) is 78.5 Å². The molecule has 0 aliphatic heterocycles. The molecule has 27 heavy (non-hydrogen) atoms. The summed E-state index contributed by atoms with van der Waals surface area (Å²) in [6.07, 6.45) is 0.0911. The number of hydrogen-bond donors (Lipinski definition) is 2. The lowest BCUT2D eigenvalue weighted by Gasteiger charge is -2.24. The molecule has 1 aromatic carbocycles. The second-order valence-corrected chi connectivity index (χ2v) is 9.27. The average molecular weight is 410 g/mol. The number of aryl methyl sites for hydroxylation is 2. The summed E-state index contributed by atoms with van der Waals surface area (Å²) in [7, 11) is 0.304. The maximum absolute atomic E-state index is 12.4. The van der Waals surface area contributed by atoms with Crippen molar-refractivity contribution < 1.29 is 13.2 Å². The van der Waals surface area contributed by atoms with E-state index < -0.39 is 10.0 Å². The molecule has 0 aliphatic rings. The molecule has 2 rings (SSSR count). The van der Waals surface area contributed by atoms with Crippen molar-refractivity contribution in [3.8, 4) is 0 Å². The maximum Gasteiger partial charge on any atom is 0.240 e. The van der Waals surface area contributed by atoms with Crippen LogP contribution in [0.5, 0.6) is 0 Å². The van der Waals surface area contributed by atoms with E-state index in [0.29, 0.717) is 12.1 Å². The van der Waals surface area contributed by atoms with Gasteiger partial charge in [-0.25, -0.2) is 13.1 Å². The molecule has 0 radical (unpaired) electrons. The normalized spacial score (nSPS) is 12.9. The minimum Gasteiger partial charge on any atom is -0.354 e. The van der Waals surface area contributed by atoms with Crippen LogP contribution in [-0.2, 0) is 14.8 Å². The Morgan fingerprint density at radius 3 is 2.59 bits per heavy atom. The number of benzene rings is 1. The zero-order valence-electron chi connectivity index (χ0n) is 16.2. The Morgan fingerprint density at radius 2 is 1.96 bits per heavy atom. The van der Waals surface area contributed by atoms with Gasteiger partial charge in [0, 0.05) is 19.5 Å². The highest BCUT2D eigenvalue weighted by atomic mass is 32.2. The largest absolute Gasteiger partial charge is 0.354 e. The van der Waals surface area contributed by atoms with Crippen molar-refractivity contribution in [2.75, 3.05) is 27.2 Å². The number of carbonyl (C=O) groups is 1. The molecule has 2 N–H and O–H groups in total. The van der Waals surface area contributed by atoms with E-state index in [9.17, 15) is 13.2 Å². The first-order chi connectivity index (χ1) is 12.7. The van der Waals surface area contributed by atoms with Gasteiger partial charge in [0.1, 0.15) is 0 Å². The number of nitrogens with zero attached hydrogens (tertiary/aromatic N) is 1. The SMILES string of the molecule is Cc1ccc(C)c(S(=O)(=O)NCCC(=O)NCC(c2ccsc2)N(C)C)c1. The van der Waals surface area contributed by atoms with Crippen LogP contribution in [0.25, 0.3) is 0 Å². The summed E-state index contributed by atoms with van der Waals surface area (Å²) < 4.78 is 27.4. The Bertz CT molecular complexity index is 862. The molecule has 0 fully saturated rings. The summed E-state index contributed by atoms with van der Waals surface area (Å²) in [5, 5.41) is 6.96. The predicted molar refractivity (Wildman–Crippen MR) is 109 cm³/mol. The lowest BCUT2D eigenvalue weighted by Crippen LogP contribution is -2.36. The number of rotatable bonds is 9. The first kappa shape index (κ1) is 21.6. The first-order valence-electron chi connectivity index (χ1n) is 8.73. The van der Waals surface area contributed by atoms with Crippen molar-refractivity contribution in [2.45, 2.75) is 31.2 Å². The molecule has 8 heteroatoms. The van der Waals surface area contributed by atoms with Gasteiger partial charge in [-0.2, -0.15) is 11.3 Å². The molecule has 1 atom stereocenters. The highest BCUT2D eigenvalue weighted by molar-refractivity contribution is 7.89. The molecule has 1 amide bonds. The van der Waals surface area contributed by atoms with Crippen molar-refractivity contribution in [3.63, 3.8) is 0 Å². The fraction of sp³-hybridized carbons (Fsp3) is 0.421. The summed E-state index contributed by atoms with van der Waals surface area (Å²) in [4.78, 5) is 14.4. The fourth-order valence-electron chi connectivity index (χ4n) is 2.74. The fourth-order valence-corrected chi connectivity index (χ4v) is 4.80. The van der Waals surface area contributed by atoms with Gasteiger partial charge in [-0.05, 0) is 67.5 Å². The summed E-state index contributed by atoms with van der Waals surface area (Å²) in [6, 6.07) is 7.42. The van der Waals surface area contributed by atoms with Crippen molar-refractivity contribution in [2.24, 2.45) is 0 Å². The molecule has 1 unspecified atom stereocenters. The van der Waals surface area contributed by atoms with E-state index in [1.165, 1.54) is 0 Å². The van der Waals surface area contributed by atoms with Crippen molar-refractivity contribution in [1.82, 2.24) is 14.9 Å². The number of likely N-dealkylation sites (N-methyl/N-ethyl adjacent to an activating group) is 1. The van der Waals surface area contributed by atoms with Gasteiger partial charge in [0.05, 0.1) is 10.9 Å². The Hall–Kier alpha value is -1.74. The highest BCUT2D eigenvalue weighted by Gasteiger charge is 2.18. The van der Waals surface area contributed by atoms with E-state index in [-0.39, 0.29) is 29.8 Å². The molecule has 1 heterocycles. The van der Waals surface area contributed by atoms with Crippen molar-refractivity contribution in [3.05, 3.63) is 51.7 Å². The third-order valence-corrected chi connectivity index (χ3v) is 6.63. The summed E-state index contributed by atoms with van der Waals surface area (Å²) in [6.45, 7) is 4.14. The smallest absolute Gasteiger partial charge is 0.240 e. The number of thiophene rings is 1. The molecule has 2 aromatic rings. The van der Waals surface area contributed by atoms with Gasteiger partial charge in [-0.1, -0.05) is 12.1 Å². The summed E-state index contributed by atoms with van der Waals surface area (Å²) >= 11 is 1.62. The number of carbonyl (C=O) groups excluding carboxylic acids is 1. The van der Waals surface area contributed by atoms with Gasteiger partial charge >= 0.3 is 0 Å². The van der Waals surface area contributed by atoms with E-state index in [4.69, 9.17) is 0 Å². The second-order valence-electron chi connectivity index (χ2n) is 6.76. The molecule has 0 spiro atoms. The van der Waals surface area contributed by atoms with Crippen molar-refractivity contribution in [1.29, 1.82) is 0 Å². The molecule has 0 aliphatic carbocycles. The number of amides is 1. The predicted octanol–water partition coefficient (Wildman–Crippen LogP) is 2.45. The third-order valence-electron chi connectivity index (χ3n) is 4.32. The Labute approximate surface area is 165 Å². The van der Waals surface area contributed by atoms with Crippen LogP contribution in [0.4, 0.5) is 0 Å². The van der Waals surface area contributed by atoms with Crippen LogP contribution in [0.1, 0.15) is 29.2 Å². The lowest BCUT2D eigenvalue weighted by atomic mass is 10.1. The van der Waals surface area contributed by atoms with Gasteiger partial charge in [-0.15, -0.1) is 0 Å². The van der Waals surface area contributed by atoms with Gasteiger partial charge in [-0.3, -0.25) is 4.79 Å². The second kappa shape index (κ2) is 9.45. The average Bonchev–Trinajstić information content (AvgIpc) is 3.11. The minimum atomic E-state index is -3.63. The molecular weight excluding hydrogens is 382 g/mol. The Balaban J connectivity index is 1.86. The molecule has 0 saturated heterocycles. The van der Waals surface area contributed by atoms with Gasteiger partial charge in [0.2, 0.25) is 15.9 Å². The molecule has 6 nitrogen and oxygen atoms in total. The zero-order valence-corrected chi connectivity index (χ0v) is 17.8. The molecule has 1 aromatic heterocycles. The summed E-state index contributed by atoms with van der Waals surface area (Å²) in [5.74, 6) is -0.180. The third kappa shape index (κ3) is 6.14. The van der Waals surface area contributed by atoms with Crippen LogP contribution in [0.15, 0.2) is 39.9 Å². The Morgan fingerprint density at radius 1 is 1.22 bits per heavy atom. The number of hydrogen-bond acceptors (Lipinski definition) is 5. The number of nitrogens with one attached hydrogen (secondary N) is 2. The van der Waals surface area contributed by atoms with Crippen LogP contribution in [0.2, 0.25) is 0 Å². The quantitative estimate of drug-likeness (QED) is 0.667. The van der Waals surface area contributed by atoms with Gasteiger partial charge < -0.3 is 10.2 Å². The maximum atomic E-state index is 12.4. The van der Waals surface area contributed by atoms with Crippen LogP contribution in [-0.4, -0.2) is 46.4 Å². The van der Waals surface area contributed by atoms with Crippen LogP contribution < -0.4 is 10.0 Å². The molecule has 0 saturated carbocycles. The number of sulfonamides is 1.